The fourth-order valence-corrected chi connectivity index (χ4v) is 3.13. The van der Waals surface area contributed by atoms with E-state index in [1.54, 1.807) is 11.8 Å². The molecule has 1 N–H and O–H groups in total. The zero-order chi connectivity index (χ0) is 13.0. The zero-order valence-corrected chi connectivity index (χ0v) is 11.3. The Morgan fingerprint density at radius 2 is 1.67 bits per heavy atom. The summed E-state index contributed by atoms with van der Waals surface area (Å²) in [5.74, 6) is 0.0929. The number of likely N-dealkylation sites (tertiary alicyclic amines) is 1. The monoisotopic (exact) mass is 252 g/mol. The van der Waals surface area contributed by atoms with Crippen molar-refractivity contribution in [1.29, 1.82) is 0 Å². The third-order valence-corrected chi connectivity index (χ3v) is 4.16. The molecule has 4 nitrogen and oxygen atoms in total. The van der Waals surface area contributed by atoms with Crippen molar-refractivity contribution in [3.05, 3.63) is 0 Å². The molecule has 0 spiro atoms. The average molecular weight is 252 g/mol. The van der Waals surface area contributed by atoms with Gasteiger partial charge in [0, 0.05) is 19.5 Å². The Morgan fingerprint density at radius 3 is 2.33 bits per heavy atom. The molecule has 1 heterocycles. The molecule has 1 atom stereocenters. The lowest BCUT2D eigenvalue weighted by Crippen LogP contribution is -2.53. The SMILES string of the molecule is CC(=O)N1CCCCC1C(=O)NC1CCCCC1. The number of amides is 2. The highest BCUT2D eigenvalue weighted by molar-refractivity contribution is 5.87. The summed E-state index contributed by atoms with van der Waals surface area (Å²) in [5.41, 5.74) is 0. The van der Waals surface area contributed by atoms with Crippen LogP contribution < -0.4 is 5.32 Å². The van der Waals surface area contributed by atoms with Crippen molar-refractivity contribution >= 4 is 11.8 Å². The molecular formula is C14H24N2O2. The summed E-state index contributed by atoms with van der Waals surface area (Å²) in [7, 11) is 0. The van der Waals surface area contributed by atoms with E-state index in [2.05, 4.69) is 5.32 Å². The third-order valence-electron chi connectivity index (χ3n) is 4.16. The average Bonchev–Trinajstić information content (AvgIpc) is 2.40. The van der Waals surface area contributed by atoms with Crippen LogP contribution in [-0.4, -0.2) is 35.3 Å². The van der Waals surface area contributed by atoms with Crippen molar-refractivity contribution in [2.75, 3.05) is 6.54 Å². The number of hydrogen-bond donors (Lipinski definition) is 1. The van der Waals surface area contributed by atoms with Crippen molar-refractivity contribution < 1.29 is 9.59 Å². The van der Waals surface area contributed by atoms with E-state index in [4.69, 9.17) is 0 Å². The van der Waals surface area contributed by atoms with Gasteiger partial charge in [-0.05, 0) is 32.1 Å². The quantitative estimate of drug-likeness (QED) is 0.815. The molecular weight excluding hydrogens is 228 g/mol. The van der Waals surface area contributed by atoms with Crippen molar-refractivity contribution in [1.82, 2.24) is 10.2 Å². The van der Waals surface area contributed by atoms with E-state index in [0.29, 0.717) is 6.04 Å². The van der Waals surface area contributed by atoms with Crippen molar-refractivity contribution in [2.45, 2.75) is 70.4 Å². The Bertz CT molecular complexity index is 311. The van der Waals surface area contributed by atoms with Crippen LogP contribution in [0.2, 0.25) is 0 Å². The summed E-state index contributed by atoms with van der Waals surface area (Å²) in [6, 6.07) is 0.111. The Kier molecular flexibility index (Phi) is 4.61. The fourth-order valence-electron chi connectivity index (χ4n) is 3.13. The van der Waals surface area contributed by atoms with Gasteiger partial charge in [-0.1, -0.05) is 19.3 Å². The lowest BCUT2D eigenvalue weighted by molar-refractivity contribution is -0.141. The molecule has 0 bridgehead atoms. The molecule has 2 amide bonds. The largest absolute Gasteiger partial charge is 0.352 e. The van der Waals surface area contributed by atoms with Crippen LogP contribution in [0, 0.1) is 0 Å². The number of nitrogens with zero attached hydrogens (tertiary/aromatic N) is 1. The van der Waals surface area contributed by atoms with Crippen molar-refractivity contribution in [2.24, 2.45) is 0 Å². The van der Waals surface area contributed by atoms with E-state index in [0.717, 1.165) is 38.6 Å². The van der Waals surface area contributed by atoms with Gasteiger partial charge < -0.3 is 10.2 Å². The molecule has 2 aliphatic rings. The Labute approximate surface area is 109 Å². The smallest absolute Gasteiger partial charge is 0.243 e. The molecule has 0 radical (unpaired) electrons. The van der Waals surface area contributed by atoms with Crippen LogP contribution in [0.3, 0.4) is 0 Å². The Hall–Kier alpha value is -1.06. The van der Waals surface area contributed by atoms with Gasteiger partial charge in [0.15, 0.2) is 0 Å². The number of rotatable bonds is 2. The highest BCUT2D eigenvalue weighted by atomic mass is 16.2. The molecule has 2 rings (SSSR count). The van der Waals surface area contributed by atoms with Gasteiger partial charge in [0.05, 0.1) is 0 Å². The summed E-state index contributed by atoms with van der Waals surface area (Å²) in [4.78, 5) is 25.6. The van der Waals surface area contributed by atoms with Crippen LogP contribution in [0.1, 0.15) is 58.3 Å². The predicted octanol–water partition coefficient (Wildman–Crippen LogP) is 1.84. The van der Waals surface area contributed by atoms with Gasteiger partial charge in [-0.3, -0.25) is 9.59 Å². The van der Waals surface area contributed by atoms with Gasteiger partial charge in [0.2, 0.25) is 11.8 Å². The summed E-state index contributed by atoms with van der Waals surface area (Å²) in [6.45, 7) is 2.30. The number of carbonyl (C=O) groups excluding carboxylic acids is 2. The zero-order valence-electron chi connectivity index (χ0n) is 11.3. The summed E-state index contributed by atoms with van der Waals surface area (Å²) >= 11 is 0. The minimum atomic E-state index is -0.224. The van der Waals surface area contributed by atoms with Crippen LogP contribution in [-0.2, 0) is 9.59 Å². The number of piperidine rings is 1. The van der Waals surface area contributed by atoms with Gasteiger partial charge in [-0.2, -0.15) is 0 Å². The first-order valence-electron chi connectivity index (χ1n) is 7.26. The Balaban J connectivity index is 1.91. The van der Waals surface area contributed by atoms with E-state index in [-0.39, 0.29) is 17.9 Å². The van der Waals surface area contributed by atoms with Crippen LogP contribution >= 0.6 is 0 Å². The van der Waals surface area contributed by atoms with Crippen LogP contribution in [0.4, 0.5) is 0 Å². The van der Waals surface area contributed by atoms with Crippen LogP contribution in [0.5, 0.6) is 0 Å². The van der Waals surface area contributed by atoms with Crippen molar-refractivity contribution in [3.8, 4) is 0 Å². The molecule has 0 aromatic rings. The standard InChI is InChI=1S/C14H24N2O2/c1-11(17)16-10-6-5-9-13(16)14(18)15-12-7-3-2-4-8-12/h12-13H,2-10H2,1H3,(H,15,18). The second-order valence-electron chi connectivity index (χ2n) is 5.57. The van der Waals surface area contributed by atoms with Crippen LogP contribution in [0.15, 0.2) is 0 Å². The lowest BCUT2D eigenvalue weighted by Gasteiger charge is -2.35. The minimum absolute atomic E-state index is 0.0264. The molecule has 1 aliphatic carbocycles. The summed E-state index contributed by atoms with van der Waals surface area (Å²) in [6.07, 6.45) is 8.79. The first-order chi connectivity index (χ1) is 8.68. The molecule has 18 heavy (non-hydrogen) atoms. The fraction of sp³-hybridized carbons (Fsp3) is 0.857. The van der Waals surface area contributed by atoms with E-state index < -0.39 is 0 Å². The highest BCUT2D eigenvalue weighted by Crippen LogP contribution is 2.20. The first kappa shape index (κ1) is 13.4. The molecule has 4 heteroatoms. The van der Waals surface area contributed by atoms with Gasteiger partial charge in [0.1, 0.15) is 6.04 Å². The maximum absolute atomic E-state index is 12.3. The second kappa shape index (κ2) is 6.21. The molecule has 0 aromatic carbocycles. The Morgan fingerprint density at radius 1 is 1.00 bits per heavy atom. The molecule has 2 fully saturated rings. The first-order valence-corrected chi connectivity index (χ1v) is 7.26. The highest BCUT2D eigenvalue weighted by Gasteiger charge is 2.31. The summed E-state index contributed by atoms with van der Waals surface area (Å²) < 4.78 is 0. The van der Waals surface area contributed by atoms with Gasteiger partial charge in [0.25, 0.3) is 0 Å². The molecule has 102 valence electrons. The van der Waals surface area contributed by atoms with E-state index in [1.807, 2.05) is 0 Å². The molecule has 0 aromatic heterocycles. The predicted molar refractivity (Wildman–Crippen MR) is 70.0 cm³/mol. The maximum atomic E-state index is 12.3. The molecule has 1 unspecified atom stereocenters. The lowest BCUT2D eigenvalue weighted by atomic mass is 9.94. The number of nitrogens with one attached hydrogen (secondary N) is 1. The molecule has 1 saturated carbocycles. The van der Waals surface area contributed by atoms with E-state index in [1.165, 1.54) is 19.3 Å². The van der Waals surface area contributed by atoms with E-state index in [9.17, 15) is 9.59 Å². The molecule has 1 aliphatic heterocycles. The topological polar surface area (TPSA) is 49.4 Å². The van der Waals surface area contributed by atoms with Gasteiger partial charge in [-0.25, -0.2) is 0 Å². The summed E-state index contributed by atoms with van der Waals surface area (Å²) in [5, 5.41) is 3.14. The second-order valence-corrected chi connectivity index (χ2v) is 5.57. The van der Waals surface area contributed by atoms with Gasteiger partial charge >= 0.3 is 0 Å². The van der Waals surface area contributed by atoms with Crippen molar-refractivity contribution in [3.63, 3.8) is 0 Å². The maximum Gasteiger partial charge on any atom is 0.243 e. The van der Waals surface area contributed by atoms with E-state index >= 15 is 0 Å². The number of hydrogen-bond acceptors (Lipinski definition) is 2. The van der Waals surface area contributed by atoms with Crippen LogP contribution in [0.25, 0.3) is 0 Å². The minimum Gasteiger partial charge on any atom is -0.352 e. The van der Waals surface area contributed by atoms with Gasteiger partial charge in [-0.15, -0.1) is 0 Å². The molecule has 1 saturated heterocycles. The number of carbonyl (C=O) groups is 2. The third kappa shape index (κ3) is 3.24. The normalized spacial score (nSPS) is 25.8.